The molecule has 0 unspecified atom stereocenters. The molecule has 0 aromatic heterocycles. The average Bonchev–Trinajstić information content (AvgIpc) is 3.18. The number of hydrogen-bond donors (Lipinski definition) is 1. The summed E-state index contributed by atoms with van der Waals surface area (Å²) in [6.07, 6.45) is 0. The molecule has 1 fully saturated rings. The first kappa shape index (κ1) is 18.8. The number of amides is 3. The van der Waals surface area contributed by atoms with Crippen LogP contribution in [-0.4, -0.2) is 41.4 Å². The zero-order valence-electron chi connectivity index (χ0n) is 16.4. The lowest BCUT2D eigenvalue weighted by molar-refractivity contribution is -0.123. The predicted octanol–water partition coefficient (Wildman–Crippen LogP) is 2.54. The van der Waals surface area contributed by atoms with Gasteiger partial charge in [0.05, 0.1) is 5.69 Å². The monoisotopic (exact) mass is 391 g/mol. The molecule has 2 atom stereocenters. The van der Waals surface area contributed by atoms with E-state index in [0.29, 0.717) is 11.4 Å². The van der Waals surface area contributed by atoms with E-state index in [1.54, 1.807) is 6.07 Å². The van der Waals surface area contributed by atoms with Crippen molar-refractivity contribution in [3.63, 3.8) is 0 Å². The van der Waals surface area contributed by atoms with Crippen molar-refractivity contribution in [3.8, 4) is 0 Å². The fourth-order valence-electron chi connectivity index (χ4n) is 3.78. The van der Waals surface area contributed by atoms with Crippen molar-refractivity contribution in [1.82, 2.24) is 5.01 Å². The van der Waals surface area contributed by atoms with Gasteiger partial charge in [0.25, 0.3) is 11.8 Å². The van der Waals surface area contributed by atoms with Crippen molar-refractivity contribution in [1.29, 1.82) is 0 Å². The molecule has 2 aliphatic heterocycles. The van der Waals surface area contributed by atoms with Gasteiger partial charge in [-0.05, 0) is 43.5 Å². The van der Waals surface area contributed by atoms with Crippen LogP contribution in [0, 0.1) is 20.8 Å². The van der Waals surface area contributed by atoms with Gasteiger partial charge in [-0.2, -0.15) is 5.11 Å². The molecule has 0 saturated carbocycles. The fraction of sp³-hybridized carbons (Fsp3) is 0.286. The summed E-state index contributed by atoms with van der Waals surface area (Å²) in [6, 6.07) is 11.2. The van der Waals surface area contributed by atoms with Crippen molar-refractivity contribution in [2.45, 2.75) is 32.9 Å². The highest BCUT2D eigenvalue weighted by Gasteiger charge is 2.55. The van der Waals surface area contributed by atoms with Crippen LogP contribution in [-0.2, 0) is 14.4 Å². The Morgan fingerprint density at radius 1 is 0.966 bits per heavy atom. The minimum Gasteiger partial charge on any atom is -0.324 e. The van der Waals surface area contributed by atoms with Gasteiger partial charge in [0.15, 0.2) is 12.1 Å². The summed E-state index contributed by atoms with van der Waals surface area (Å²) in [5.74, 6) is -1.15. The normalized spacial score (nSPS) is 20.4. The highest BCUT2D eigenvalue weighted by molar-refractivity contribution is 6.26. The molecule has 0 bridgehead atoms. The van der Waals surface area contributed by atoms with Crippen LogP contribution < -0.4 is 10.2 Å². The van der Waals surface area contributed by atoms with Crippen LogP contribution in [0.4, 0.5) is 11.4 Å². The smallest absolute Gasteiger partial charge is 0.263 e. The number of carbonyl (C=O) groups is 3. The number of para-hydroxylation sites is 2. The minimum atomic E-state index is -0.923. The Labute approximate surface area is 168 Å². The third-order valence-corrected chi connectivity index (χ3v) is 5.25. The van der Waals surface area contributed by atoms with Gasteiger partial charge in [-0.3, -0.25) is 19.4 Å². The molecule has 1 saturated heterocycles. The lowest BCUT2D eigenvalue weighted by Crippen LogP contribution is -2.43. The number of carbonyl (C=O) groups excluding carboxylic acids is 3. The highest BCUT2D eigenvalue weighted by atomic mass is 16.2. The molecule has 2 aromatic rings. The molecule has 0 radical (unpaired) electrons. The van der Waals surface area contributed by atoms with Gasteiger partial charge in [0, 0.05) is 5.69 Å². The summed E-state index contributed by atoms with van der Waals surface area (Å²) in [7, 11) is 0. The third kappa shape index (κ3) is 3.16. The Morgan fingerprint density at radius 3 is 2.31 bits per heavy atom. The van der Waals surface area contributed by atoms with Crippen LogP contribution in [0.3, 0.4) is 0 Å². The molecule has 2 heterocycles. The molecule has 148 valence electrons. The van der Waals surface area contributed by atoms with E-state index < -0.39 is 23.9 Å². The Morgan fingerprint density at radius 2 is 1.62 bits per heavy atom. The molecule has 0 aliphatic carbocycles. The summed E-state index contributed by atoms with van der Waals surface area (Å²) >= 11 is 0. The van der Waals surface area contributed by atoms with E-state index in [-0.39, 0.29) is 12.5 Å². The number of benzene rings is 2. The first-order valence-electron chi connectivity index (χ1n) is 9.35. The lowest BCUT2D eigenvalue weighted by atomic mass is 10.1. The number of nitrogens with one attached hydrogen (secondary N) is 1. The van der Waals surface area contributed by atoms with Crippen molar-refractivity contribution in [2.75, 3.05) is 16.8 Å². The SMILES string of the molecule is Cc1ccccc1NC(=O)CN1N=N[C@@H]2C(=O)N(c3c(C)cccc3C)C(=O)[C@H]21. The van der Waals surface area contributed by atoms with E-state index in [2.05, 4.69) is 15.7 Å². The molecule has 8 nitrogen and oxygen atoms in total. The summed E-state index contributed by atoms with van der Waals surface area (Å²) in [5.41, 5.74) is 3.85. The standard InChI is InChI=1S/C21H21N5O3/c1-12-7-4-5-10-15(12)22-16(27)11-25-19-17(23-24-25)20(28)26(21(19)29)18-13(2)8-6-9-14(18)3/h4-10,17,19H,11H2,1-3H3,(H,22,27)/t17-,19-/m0/s1. The maximum absolute atomic E-state index is 13.1. The molecule has 1 N–H and O–H groups in total. The second-order valence-electron chi connectivity index (χ2n) is 7.31. The topological polar surface area (TPSA) is 94.4 Å². The van der Waals surface area contributed by atoms with Crippen LogP contribution >= 0.6 is 0 Å². The van der Waals surface area contributed by atoms with Crippen molar-refractivity contribution in [3.05, 3.63) is 59.2 Å². The first-order valence-corrected chi connectivity index (χ1v) is 9.35. The Kier molecular flexibility index (Phi) is 4.62. The number of hydrogen-bond acceptors (Lipinski definition) is 6. The molecule has 8 heteroatoms. The quantitative estimate of drug-likeness (QED) is 0.811. The zero-order chi connectivity index (χ0) is 20.7. The van der Waals surface area contributed by atoms with E-state index in [0.717, 1.165) is 16.7 Å². The van der Waals surface area contributed by atoms with Crippen molar-refractivity contribution >= 4 is 29.1 Å². The van der Waals surface area contributed by atoms with Gasteiger partial charge in [-0.25, -0.2) is 4.90 Å². The molecular weight excluding hydrogens is 370 g/mol. The maximum Gasteiger partial charge on any atom is 0.263 e. The summed E-state index contributed by atoms with van der Waals surface area (Å²) in [6.45, 7) is 5.43. The lowest BCUT2D eigenvalue weighted by Gasteiger charge is -2.22. The van der Waals surface area contributed by atoms with Gasteiger partial charge in [0.2, 0.25) is 5.91 Å². The van der Waals surface area contributed by atoms with Gasteiger partial charge >= 0.3 is 0 Å². The van der Waals surface area contributed by atoms with Crippen molar-refractivity contribution in [2.24, 2.45) is 10.3 Å². The van der Waals surface area contributed by atoms with E-state index in [9.17, 15) is 14.4 Å². The number of fused-ring (bicyclic) bond motifs is 1. The molecule has 2 aliphatic rings. The molecule has 29 heavy (non-hydrogen) atoms. The Hall–Kier alpha value is -3.55. The van der Waals surface area contributed by atoms with Crippen LogP contribution in [0.25, 0.3) is 0 Å². The van der Waals surface area contributed by atoms with Gasteiger partial charge < -0.3 is 5.32 Å². The summed E-state index contributed by atoms with van der Waals surface area (Å²) < 4.78 is 0. The largest absolute Gasteiger partial charge is 0.324 e. The summed E-state index contributed by atoms with van der Waals surface area (Å²) in [4.78, 5) is 39.7. The average molecular weight is 391 g/mol. The number of anilines is 2. The zero-order valence-corrected chi connectivity index (χ0v) is 16.4. The predicted molar refractivity (Wildman–Crippen MR) is 107 cm³/mol. The second-order valence-corrected chi connectivity index (χ2v) is 7.31. The van der Waals surface area contributed by atoms with Crippen LogP contribution in [0.5, 0.6) is 0 Å². The fourth-order valence-corrected chi connectivity index (χ4v) is 3.78. The van der Waals surface area contributed by atoms with E-state index >= 15 is 0 Å². The third-order valence-electron chi connectivity index (χ3n) is 5.25. The van der Waals surface area contributed by atoms with Crippen LogP contribution in [0.2, 0.25) is 0 Å². The highest BCUT2D eigenvalue weighted by Crippen LogP contribution is 2.35. The van der Waals surface area contributed by atoms with Crippen molar-refractivity contribution < 1.29 is 14.4 Å². The van der Waals surface area contributed by atoms with E-state index in [4.69, 9.17) is 0 Å². The molecule has 2 aromatic carbocycles. The van der Waals surface area contributed by atoms with Crippen LogP contribution in [0.15, 0.2) is 52.8 Å². The van der Waals surface area contributed by atoms with Gasteiger partial charge in [-0.15, -0.1) is 0 Å². The molecule has 0 spiro atoms. The Balaban J connectivity index is 1.54. The number of aryl methyl sites for hydroxylation is 3. The van der Waals surface area contributed by atoms with E-state index in [1.165, 1.54) is 9.91 Å². The van der Waals surface area contributed by atoms with E-state index in [1.807, 2.05) is 57.2 Å². The second kappa shape index (κ2) is 7.12. The molecule has 3 amide bonds. The first-order chi connectivity index (χ1) is 13.9. The minimum absolute atomic E-state index is 0.168. The Bertz CT molecular complexity index is 1030. The summed E-state index contributed by atoms with van der Waals surface area (Å²) in [5, 5.41) is 12.0. The van der Waals surface area contributed by atoms with Crippen LogP contribution in [0.1, 0.15) is 16.7 Å². The number of rotatable bonds is 4. The van der Waals surface area contributed by atoms with Gasteiger partial charge in [-0.1, -0.05) is 41.6 Å². The maximum atomic E-state index is 13.1. The van der Waals surface area contributed by atoms with Gasteiger partial charge in [0.1, 0.15) is 6.54 Å². The molecular formula is C21H21N5O3. The number of imide groups is 1. The number of nitrogens with zero attached hydrogens (tertiary/aromatic N) is 4. The molecule has 4 rings (SSSR count).